The van der Waals surface area contributed by atoms with E-state index in [1.165, 1.54) is 6.20 Å². The molecule has 3 aliphatic heterocycles. The minimum Gasteiger partial charge on any atom is -0.478 e. The van der Waals surface area contributed by atoms with Crippen LogP contribution in [0, 0.1) is 0 Å². The molecule has 6 heteroatoms. The molecular weight excluding hydrogens is 256 g/mol. The van der Waals surface area contributed by atoms with Crippen LogP contribution in [0.4, 0.5) is 0 Å². The number of fused-ring (bicyclic) bond motifs is 3. The number of piperazine rings is 3. The molecule has 1 atom stereocenters. The first-order valence-electron chi connectivity index (χ1n) is 7.24. The van der Waals surface area contributed by atoms with Crippen LogP contribution in [0.3, 0.4) is 0 Å². The molecule has 0 spiro atoms. The van der Waals surface area contributed by atoms with Gasteiger partial charge in [-0.05, 0) is 6.42 Å². The number of hydrogen-bond acceptors (Lipinski definition) is 5. The molecule has 1 aromatic rings. The summed E-state index contributed by atoms with van der Waals surface area (Å²) in [4.78, 5) is 24.9. The van der Waals surface area contributed by atoms with E-state index >= 15 is 0 Å². The van der Waals surface area contributed by atoms with E-state index in [1.54, 1.807) is 0 Å². The van der Waals surface area contributed by atoms with Crippen LogP contribution in [0.15, 0.2) is 6.20 Å². The fraction of sp³-hybridized carbons (Fsp3) is 0.643. The Morgan fingerprint density at radius 2 is 2.15 bits per heavy atom. The number of carboxylic acid groups (broad SMARTS) is 1. The molecule has 4 rings (SSSR count). The highest BCUT2D eigenvalue weighted by Crippen LogP contribution is 2.27. The Kier molecular flexibility index (Phi) is 3.67. The Balaban J connectivity index is 1.90. The molecule has 108 valence electrons. The van der Waals surface area contributed by atoms with Gasteiger partial charge in [0.1, 0.15) is 5.82 Å². The summed E-state index contributed by atoms with van der Waals surface area (Å²) in [6.07, 6.45) is 3.05. The zero-order chi connectivity index (χ0) is 14.1. The van der Waals surface area contributed by atoms with E-state index in [-0.39, 0.29) is 11.6 Å². The zero-order valence-electron chi connectivity index (χ0n) is 11.7. The van der Waals surface area contributed by atoms with Gasteiger partial charge in [0, 0.05) is 38.9 Å². The van der Waals surface area contributed by atoms with Gasteiger partial charge in [-0.15, -0.1) is 0 Å². The maximum Gasteiger partial charge on any atom is 0.339 e. The van der Waals surface area contributed by atoms with E-state index in [9.17, 15) is 9.90 Å². The molecule has 6 nitrogen and oxygen atoms in total. The molecule has 0 radical (unpaired) electrons. The quantitative estimate of drug-likeness (QED) is 0.877. The topological polar surface area (TPSA) is 69.6 Å². The highest BCUT2D eigenvalue weighted by Gasteiger charge is 2.34. The molecule has 2 bridgehead atoms. The summed E-state index contributed by atoms with van der Waals surface area (Å²) in [6.45, 7) is 7.33. The fourth-order valence-electron chi connectivity index (χ4n) is 3.06. The van der Waals surface area contributed by atoms with E-state index in [0.717, 1.165) is 45.0 Å². The minimum absolute atomic E-state index is 0.218. The second-order valence-corrected chi connectivity index (χ2v) is 5.50. The van der Waals surface area contributed by atoms with Crippen LogP contribution in [-0.4, -0.2) is 63.6 Å². The molecule has 0 saturated carbocycles. The van der Waals surface area contributed by atoms with E-state index in [0.29, 0.717) is 12.1 Å². The third kappa shape index (κ3) is 2.41. The summed E-state index contributed by atoms with van der Waals surface area (Å²) < 4.78 is 0. The minimum atomic E-state index is -0.936. The lowest BCUT2D eigenvalue weighted by Gasteiger charge is -2.46. The van der Waals surface area contributed by atoms with Crippen molar-refractivity contribution >= 4 is 5.97 Å². The average molecular weight is 276 g/mol. The molecule has 1 aromatic heterocycles. The van der Waals surface area contributed by atoms with Crippen molar-refractivity contribution in [3.63, 3.8) is 0 Å². The molecule has 0 aromatic carbocycles. The number of aromatic carboxylic acids is 1. The lowest BCUT2D eigenvalue weighted by molar-refractivity contribution is 0.00852. The number of aryl methyl sites for hydroxylation is 1. The van der Waals surface area contributed by atoms with Crippen molar-refractivity contribution in [1.29, 1.82) is 0 Å². The molecule has 3 fully saturated rings. The van der Waals surface area contributed by atoms with Gasteiger partial charge in [0.2, 0.25) is 0 Å². The van der Waals surface area contributed by atoms with Crippen LogP contribution in [0.25, 0.3) is 0 Å². The van der Waals surface area contributed by atoms with Crippen molar-refractivity contribution in [2.45, 2.75) is 25.8 Å². The van der Waals surface area contributed by atoms with Crippen molar-refractivity contribution < 1.29 is 9.90 Å². The number of rotatable bonds is 4. The summed E-state index contributed by atoms with van der Waals surface area (Å²) in [5.41, 5.74) is 0.912. The number of hydrogen-bond donors (Lipinski definition) is 1. The highest BCUT2D eigenvalue weighted by molar-refractivity contribution is 5.88. The van der Waals surface area contributed by atoms with Gasteiger partial charge < -0.3 is 5.11 Å². The summed E-state index contributed by atoms with van der Waals surface area (Å²) >= 11 is 0. The van der Waals surface area contributed by atoms with Crippen molar-refractivity contribution in [2.24, 2.45) is 0 Å². The summed E-state index contributed by atoms with van der Waals surface area (Å²) in [5, 5.41) is 9.20. The van der Waals surface area contributed by atoms with Crippen molar-refractivity contribution in [2.75, 3.05) is 32.7 Å². The molecule has 3 saturated heterocycles. The van der Waals surface area contributed by atoms with Gasteiger partial charge in [-0.3, -0.25) is 9.80 Å². The normalized spacial score (nSPS) is 28.6. The summed E-state index contributed by atoms with van der Waals surface area (Å²) in [7, 11) is 0. The third-order valence-corrected chi connectivity index (χ3v) is 4.18. The molecule has 3 aliphatic rings. The molecule has 4 heterocycles. The SMILES string of the molecule is CCCc1nc(C2CN3CCN2CC3)ncc1C(=O)O. The molecular formula is C14H20N4O2. The van der Waals surface area contributed by atoms with Crippen LogP contribution < -0.4 is 0 Å². The van der Waals surface area contributed by atoms with E-state index < -0.39 is 5.97 Å². The number of carbonyl (C=O) groups is 1. The zero-order valence-corrected chi connectivity index (χ0v) is 11.7. The van der Waals surface area contributed by atoms with Crippen LogP contribution >= 0.6 is 0 Å². The van der Waals surface area contributed by atoms with Crippen LogP contribution in [0.5, 0.6) is 0 Å². The number of aromatic nitrogens is 2. The van der Waals surface area contributed by atoms with Gasteiger partial charge in [0.05, 0.1) is 17.3 Å². The second kappa shape index (κ2) is 5.46. The molecule has 20 heavy (non-hydrogen) atoms. The number of carboxylic acids is 1. The summed E-state index contributed by atoms with van der Waals surface area (Å²) in [5.74, 6) is -0.155. The van der Waals surface area contributed by atoms with Gasteiger partial charge >= 0.3 is 5.97 Å². The first kappa shape index (κ1) is 13.5. The Morgan fingerprint density at radius 3 is 2.70 bits per heavy atom. The average Bonchev–Trinajstić information content (AvgIpc) is 2.48. The Labute approximate surface area is 118 Å². The van der Waals surface area contributed by atoms with E-state index in [4.69, 9.17) is 0 Å². The van der Waals surface area contributed by atoms with Gasteiger partial charge in [-0.2, -0.15) is 0 Å². The standard InChI is InChI=1S/C14H20N4O2/c1-2-3-11-10(14(19)20)8-15-13(16-11)12-9-17-4-6-18(12)7-5-17/h8,12H,2-7,9H2,1H3,(H,19,20). The predicted molar refractivity (Wildman–Crippen MR) is 73.7 cm³/mol. The highest BCUT2D eigenvalue weighted by atomic mass is 16.4. The fourth-order valence-corrected chi connectivity index (χ4v) is 3.06. The molecule has 0 aliphatic carbocycles. The predicted octanol–water partition coefficient (Wildman–Crippen LogP) is 0.800. The number of nitrogens with zero attached hydrogens (tertiary/aromatic N) is 4. The first-order valence-corrected chi connectivity index (χ1v) is 7.24. The van der Waals surface area contributed by atoms with Crippen molar-refractivity contribution in [1.82, 2.24) is 19.8 Å². The van der Waals surface area contributed by atoms with Crippen LogP contribution in [-0.2, 0) is 6.42 Å². The van der Waals surface area contributed by atoms with Crippen molar-refractivity contribution in [3.8, 4) is 0 Å². The lowest BCUT2D eigenvalue weighted by Crippen LogP contribution is -2.57. The molecule has 0 amide bonds. The maximum atomic E-state index is 11.2. The van der Waals surface area contributed by atoms with E-state index in [2.05, 4.69) is 19.8 Å². The Bertz CT molecular complexity index is 512. The van der Waals surface area contributed by atoms with Gasteiger partial charge in [0.15, 0.2) is 0 Å². The van der Waals surface area contributed by atoms with Gasteiger partial charge in [0.25, 0.3) is 0 Å². The monoisotopic (exact) mass is 276 g/mol. The smallest absolute Gasteiger partial charge is 0.339 e. The van der Waals surface area contributed by atoms with E-state index in [1.807, 2.05) is 6.92 Å². The first-order chi connectivity index (χ1) is 9.69. The van der Waals surface area contributed by atoms with Gasteiger partial charge in [-0.1, -0.05) is 13.3 Å². The Morgan fingerprint density at radius 1 is 1.40 bits per heavy atom. The lowest BCUT2D eigenvalue weighted by atomic mass is 10.1. The molecule has 1 unspecified atom stereocenters. The third-order valence-electron chi connectivity index (χ3n) is 4.18. The van der Waals surface area contributed by atoms with Crippen LogP contribution in [0.1, 0.15) is 41.3 Å². The van der Waals surface area contributed by atoms with Crippen molar-refractivity contribution in [3.05, 3.63) is 23.3 Å². The maximum absolute atomic E-state index is 11.2. The van der Waals surface area contributed by atoms with Crippen LogP contribution in [0.2, 0.25) is 0 Å². The largest absolute Gasteiger partial charge is 0.478 e. The van der Waals surface area contributed by atoms with Gasteiger partial charge in [-0.25, -0.2) is 14.8 Å². The second-order valence-electron chi connectivity index (χ2n) is 5.50. The molecule has 1 N–H and O–H groups in total. The Hall–Kier alpha value is -1.53. The summed E-state index contributed by atoms with van der Waals surface area (Å²) in [6, 6.07) is 0.218.